The van der Waals surface area contributed by atoms with Crippen LogP contribution in [0.2, 0.25) is 0 Å². The van der Waals surface area contributed by atoms with E-state index in [4.69, 9.17) is 9.84 Å². The Morgan fingerprint density at radius 1 is 1.33 bits per heavy atom. The lowest BCUT2D eigenvalue weighted by molar-refractivity contribution is -0.139. The van der Waals surface area contributed by atoms with Crippen molar-refractivity contribution in [2.75, 3.05) is 53.5 Å². The number of carboxylic acids is 1. The molecule has 7 heteroatoms. The Bertz CT molecular complexity index is 349. The van der Waals surface area contributed by atoms with E-state index in [1.807, 2.05) is 21.0 Å². The number of hydrogen-bond acceptors (Lipinski definition) is 4. The van der Waals surface area contributed by atoms with Crippen LogP contribution in [0.25, 0.3) is 0 Å². The highest BCUT2D eigenvalue weighted by Gasteiger charge is 2.31. The highest BCUT2D eigenvalue weighted by molar-refractivity contribution is 5.76. The van der Waals surface area contributed by atoms with Gasteiger partial charge in [-0.05, 0) is 34.0 Å². The van der Waals surface area contributed by atoms with E-state index in [1.165, 1.54) is 0 Å². The number of hydrogen-bond donors (Lipinski definition) is 1. The van der Waals surface area contributed by atoms with Gasteiger partial charge in [0.05, 0.1) is 25.7 Å². The van der Waals surface area contributed by atoms with Gasteiger partial charge in [-0.2, -0.15) is 0 Å². The predicted molar refractivity (Wildman–Crippen MR) is 79.4 cm³/mol. The fourth-order valence-corrected chi connectivity index (χ4v) is 2.43. The standard InChI is InChI=1S/C14H27N3O4/c1-4-16(7-5-6-15(2)3)14(20)17-8-9-21-11-12(17)10-13(18)19/h12H,4-11H2,1-3H3,(H,18,19). The molecule has 1 N–H and O–H groups in total. The lowest BCUT2D eigenvalue weighted by Gasteiger charge is -2.38. The Morgan fingerprint density at radius 2 is 2.05 bits per heavy atom. The quantitative estimate of drug-likeness (QED) is 0.743. The van der Waals surface area contributed by atoms with E-state index in [2.05, 4.69) is 4.90 Å². The summed E-state index contributed by atoms with van der Waals surface area (Å²) >= 11 is 0. The second kappa shape index (κ2) is 8.84. The van der Waals surface area contributed by atoms with Crippen LogP contribution in [0.4, 0.5) is 4.79 Å². The van der Waals surface area contributed by atoms with Crippen LogP contribution in [0.5, 0.6) is 0 Å². The molecular weight excluding hydrogens is 274 g/mol. The number of carbonyl (C=O) groups excluding carboxylic acids is 1. The number of urea groups is 1. The smallest absolute Gasteiger partial charge is 0.320 e. The summed E-state index contributed by atoms with van der Waals surface area (Å²) in [5.74, 6) is -0.904. The first-order valence-corrected chi connectivity index (χ1v) is 7.45. The van der Waals surface area contributed by atoms with Crippen molar-refractivity contribution >= 4 is 12.0 Å². The van der Waals surface area contributed by atoms with E-state index in [1.54, 1.807) is 9.80 Å². The van der Waals surface area contributed by atoms with Gasteiger partial charge in [0.2, 0.25) is 0 Å². The van der Waals surface area contributed by atoms with Gasteiger partial charge in [0, 0.05) is 19.6 Å². The molecule has 1 saturated heterocycles. The van der Waals surface area contributed by atoms with Crippen LogP contribution in [0.15, 0.2) is 0 Å². The maximum Gasteiger partial charge on any atom is 0.320 e. The monoisotopic (exact) mass is 301 g/mol. The van der Waals surface area contributed by atoms with Crippen LogP contribution < -0.4 is 0 Å². The highest BCUT2D eigenvalue weighted by atomic mass is 16.5. The molecule has 1 aliphatic heterocycles. The normalized spacial score (nSPS) is 18.9. The minimum Gasteiger partial charge on any atom is -0.481 e. The zero-order valence-corrected chi connectivity index (χ0v) is 13.2. The molecule has 0 aliphatic carbocycles. The summed E-state index contributed by atoms with van der Waals surface area (Å²) in [4.78, 5) is 29.0. The zero-order valence-electron chi connectivity index (χ0n) is 13.2. The van der Waals surface area contributed by atoms with Crippen molar-refractivity contribution in [2.24, 2.45) is 0 Å². The second-order valence-electron chi connectivity index (χ2n) is 5.54. The van der Waals surface area contributed by atoms with Crippen LogP contribution >= 0.6 is 0 Å². The molecule has 1 heterocycles. The number of ether oxygens (including phenoxy) is 1. The molecule has 1 rings (SSSR count). The van der Waals surface area contributed by atoms with Crippen molar-refractivity contribution in [3.63, 3.8) is 0 Å². The number of carbonyl (C=O) groups is 2. The average Bonchev–Trinajstić information content (AvgIpc) is 2.42. The van der Waals surface area contributed by atoms with Gasteiger partial charge < -0.3 is 24.5 Å². The minimum atomic E-state index is -0.904. The SMILES string of the molecule is CCN(CCCN(C)C)C(=O)N1CCOCC1CC(=O)O. The molecule has 0 bridgehead atoms. The lowest BCUT2D eigenvalue weighted by Crippen LogP contribution is -2.54. The van der Waals surface area contributed by atoms with E-state index in [-0.39, 0.29) is 18.5 Å². The van der Waals surface area contributed by atoms with E-state index in [0.717, 1.165) is 13.0 Å². The molecule has 0 aromatic heterocycles. The van der Waals surface area contributed by atoms with Gasteiger partial charge in [-0.1, -0.05) is 0 Å². The number of nitrogens with zero attached hydrogens (tertiary/aromatic N) is 3. The third-order valence-electron chi connectivity index (χ3n) is 3.57. The molecule has 7 nitrogen and oxygen atoms in total. The van der Waals surface area contributed by atoms with Crippen LogP contribution in [0.1, 0.15) is 19.8 Å². The molecular formula is C14H27N3O4. The zero-order chi connectivity index (χ0) is 15.8. The predicted octanol–water partition coefficient (Wildman–Crippen LogP) is 0.556. The second-order valence-corrected chi connectivity index (χ2v) is 5.54. The lowest BCUT2D eigenvalue weighted by atomic mass is 10.1. The molecule has 1 atom stereocenters. The fourth-order valence-electron chi connectivity index (χ4n) is 2.43. The Labute approximate surface area is 126 Å². The largest absolute Gasteiger partial charge is 0.481 e. The first-order chi connectivity index (χ1) is 9.95. The van der Waals surface area contributed by atoms with Crippen molar-refractivity contribution in [1.82, 2.24) is 14.7 Å². The molecule has 0 radical (unpaired) electrons. The van der Waals surface area contributed by atoms with E-state index in [9.17, 15) is 9.59 Å². The molecule has 0 spiro atoms. The molecule has 2 amide bonds. The molecule has 0 aromatic rings. The van der Waals surface area contributed by atoms with Gasteiger partial charge in [0.1, 0.15) is 0 Å². The van der Waals surface area contributed by atoms with Crippen molar-refractivity contribution in [2.45, 2.75) is 25.8 Å². The Balaban J connectivity index is 2.60. The molecule has 1 fully saturated rings. The van der Waals surface area contributed by atoms with Crippen molar-refractivity contribution < 1.29 is 19.4 Å². The molecule has 1 aliphatic rings. The number of carboxylic acid groups (broad SMARTS) is 1. The maximum atomic E-state index is 12.6. The van der Waals surface area contributed by atoms with Gasteiger partial charge >= 0.3 is 12.0 Å². The Morgan fingerprint density at radius 3 is 2.62 bits per heavy atom. The number of rotatable bonds is 7. The third-order valence-corrected chi connectivity index (χ3v) is 3.57. The number of amides is 2. The fraction of sp³-hybridized carbons (Fsp3) is 0.857. The van der Waals surface area contributed by atoms with Crippen LogP contribution in [-0.2, 0) is 9.53 Å². The summed E-state index contributed by atoms with van der Waals surface area (Å²) in [6.45, 7) is 5.41. The summed E-state index contributed by atoms with van der Waals surface area (Å²) < 4.78 is 5.31. The van der Waals surface area contributed by atoms with Crippen molar-refractivity contribution in [1.29, 1.82) is 0 Å². The van der Waals surface area contributed by atoms with Gasteiger partial charge in [0.15, 0.2) is 0 Å². The van der Waals surface area contributed by atoms with Gasteiger partial charge in [-0.25, -0.2) is 4.79 Å². The van der Waals surface area contributed by atoms with Crippen molar-refractivity contribution in [3.05, 3.63) is 0 Å². The molecule has 122 valence electrons. The first-order valence-electron chi connectivity index (χ1n) is 7.45. The average molecular weight is 301 g/mol. The number of aliphatic carboxylic acids is 1. The van der Waals surface area contributed by atoms with Gasteiger partial charge in [0.25, 0.3) is 0 Å². The summed E-state index contributed by atoms with van der Waals surface area (Å²) in [5, 5.41) is 8.95. The van der Waals surface area contributed by atoms with Crippen LogP contribution in [0.3, 0.4) is 0 Å². The highest BCUT2D eigenvalue weighted by Crippen LogP contribution is 2.14. The van der Waals surface area contributed by atoms with E-state index >= 15 is 0 Å². The maximum absolute atomic E-state index is 12.6. The molecule has 21 heavy (non-hydrogen) atoms. The van der Waals surface area contributed by atoms with E-state index in [0.29, 0.717) is 32.8 Å². The molecule has 0 aromatic carbocycles. The van der Waals surface area contributed by atoms with Crippen LogP contribution in [-0.4, -0.2) is 91.3 Å². The minimum absolute atomic E-state index is 0.0685. The van der Waals surface area contributed by atoms with Crippen molar-refractivity contribution in [3.8, 4) is 0 Å². The number of morpholine rings is 1. The Hall–Kier alpha value is -1.34. The van der Waals surface area contributed by atoms with E-state index < -0.39 is 5.97 Å². The van der Waals surface area contributed by atoms with Gasteiger partial charge in [-0.3, -0.25) is 4.79 Å². The summed E-state index contributed by atoms with van der Waals surface area (Å²) in [5.41, 5.74) is 0. The topological polar surface area (TPSA) is 73.3 Å². The third kappa shape index (κ3) is 5.89. The summed E-state index contributed by atoms with van der Waals surface area (Å²) in [6, 6.07) is -0.447. The van der Waals surface area contributed by atoms with Gasteiger partial charge in [-0.15, -0.1) is 0 Å². The summed E-state index contributed by atoms with van der Waals surface area (Å²) in [7, 11) is 4.01. The Kier molecular flexibility index (Phi) is 7.45. The van der Waals surface area contributed by atoms with Crippen LogP contribution in [0, 0.1) is 0 Å². The first kappa shape index (κ1) is 17.7. The molecule has 0 saturated carbocycles. The molecule has 1 unspecified atom stereocenters. The summed E-state index contributed by atoms with van der Waals surface area (Å²) in [6.07, 6.45) is 0.835.